The summed E-state index contributed by atoms with van der Waals surface area (Å²) >= 11 is 0. The maximum Gasteiger partial charge on any atom is 0.423 e. The van der Waals surface area contributed by atoms with Gasteiger partial charge in [0.15, 0.2) is 0 Å². The first-order chi connectivity index (χ1) is 10.2. The molecule has 1 aromatic carbocycles. The maximum atomic E-state index is 11.2. The Morgan fingerprint density at radius 3 is 1.48 bits per heavy atom. The Labute approximate surface area is 125 Å². The van der Waals surface area contributed by atoms with Gasteiger partial charge in [0, 0.05) is 6.07 Å². The van der Waals surface area contributed by atoms with Crippen LogP contribution in [0.3, 0.4) is 0 Å². The largest absolute Gasteiger partial charge is 0.423 e. The fraction of sp³-hybridized carbons (Fsp3) is 0. The quantitative estimate of drug-likeness (QED) is 0.390. The molecule has 0 aliphatic heterocycles. The van der Waals surface area contributed by atoms with E-state index in [1.54, 1.807) is 0 Å². The molecule has 0 radical (unpaired) electrons. The van der Waals surface area contributed by atoms with Crippen LogP contribution in [0.1, 0.15) is 0 Å². The van der Waals surface area contributed by atoms with Gasteiger partial charge in [0.1, 0.15) is 4.90 Å². The van der Waals surface area contributed by atoms with Gasteiger partial charge in [-0.15, -0.1) is 0 Å². The zero-order chi connectivity index (χ0) is 18.3. The highest BCUT2D eigenvalue weighted by Crippen LogP contribution is 2.44. The highest BCUT2D eigenvalue weighted by Gasteiger charge is 2.47. The maximum absolute atomic E-state index is 11.2. The minimum atomic E-state index is -5.80. The summed E-state index contributed by atoms with van der Waals surface area (Å²) in [6.45, 7) is 0. The molecule has 0 aliphatic carbocycles. The number of rotatable bonds is 5. The molecule has 0 atom stereocenters. The van der Waals surface area contributed by atoms with Crippen molar-refractivity contribution in [3.63, 3.8) is 0 Å². The van der Waals surface area contributed by atoms with E-state index in [0.29, 0.717) is 0 Å². The first kappa shape index (κ1) is 18.3. The summed E-state index contributed by atoms with van der Waals surface area (Å²) in [5.74, 6) is 0. The second kappa shape index (κ2) is 5.46. The van der Waals surface area contributed by atoms with E-state index in [2.05, 4.69) is 0 Å². The lowest BCUT2D eigenvalue weighted by molar-refractivity contribution is -0.442. The minimum Gasteiger partial charge on any atom is -0.282 e. The smallest absolute Gasteiger partial charge is 0.282 e. The van der Waals surface area contributed by atoms with Crippen molar-refractivity contribution >= 4 is 37.3 Å². The number of nitro benzene ring substituents is 3. The third-order valence-electron chi connectivity index (χ3n) is 2.27. The highest BCUT2D eigenvalue weighted by molar-refractivity contribution is 7.89. The van der Waals surface area contributed by atoms with Crippen molar-refractivity contribution in [2.24, 2.45) is 0 Å². The fourth-order valence-electron chi connectivity index (χ4n) is 1.53. The molecule has 0 heterocycles. The van der Waals surface area contributed by atoms with Crippen molar-refractivity contribution in [3.05, 3.63) is 36.4 Å². The van der Waals surface area contributed by atoms with Gasteiger partial charge in [-0.3, -0.25) is 39.4 Å². The van der Waals surface area contributed by atoms with Crippen LogP contribution < -0.4 is 0 Å². The second-order valence-electron chi connectivity index (χ2n) is 3.64. The third kappa shape index (κ3) is 3.36. The Morgan fingerprint density at radius 1 is 0.783 bits per heavy atom. The van der Waals surface area contributed by atoms with Crippen molar-refractivity contribution in [2.45, 2.75) is 9.79 Å². The van der Waals surface area contributed by atoms with Crippen LogP contribution in [0, 0.1) is 30.3 Å². The zero-order valence-corrected chi connectivity index (χ0v) is 11.8. The zero-order valence-electron chi connectivity index (χ0n) is 10.2. The molecule has 0 fully saturated rings. The van der Waals surface area contributed by atoms with E-state index in [4.69, 9.17) is 9.11 Å². The van der Waals surface area contributed by atoms with Crippen LogP contribution in [-0.4, -0.2) is 40.7 Å². The topological polar surface area (TPSA) is 238 Å². The average Bonchev–Trinajstić information content (AvgIpc) is 2.33. The molecule has 17 heteroatoms. The average molecular weight is 373 g/mol. The monoisotopic (exact) mass is 373 g/mol. The molecule has 23 heavy (non-hydrogen) atoms. The number of hydrogen-bond donors (Lipinski definition) is 2. The number of nitro groups is 3. The van der Waals surface area contributed by atoms with Crippen molar-refractivity contribution in [1.29, 1.82) is 0 Å². The molecule has 0 amide bonds. The standard InChI is InChI=1S/C6H3N3O12S2/c10-7(11)2-1-3(22(16,17)18)6(23(19,20)21)5(9(14)15)4(2)8(12)13/h1H,(H,16,17,18)(H,19,20,21). The Hall–Kier alpha value is -2.76. The first-order valence-electron chi connectivity index (χ1n) is 4.78. The molecule has 0 saturated carbocycles. The van der Waals surface area contributed by atoms with Gasteiger partial charge >= 0.3 is 27.2 Å². The molecule has 126 valence electrons. The number of nitrogens with zero attached hydrogens (tertiary/aromatic N) is 3. The molecule has 0 saturated heterocycles. The van der Waals surface area contributed by atoms with Gasteiger partial charge in [0.2, 0.25) is 4.90 Å². The van der Waals surface area contributed by atoms with Gasteiger partial charge in [0.25, 0.3) is 10.1 Å². The van der Waals surface area contributed by atoms with Crippen molar-refractivity contribution in [1.82, 2.24) is 0 Å². The first-order valence-corrected chi connectivity index (χ1v) is 7.66. The van der Waals surface area contributed by atoms with Crippen LogP contribution in [0.25, 0.3) is 0 Å². The van der Waals surface area contributed by atoms with Gasteiger partial charge in [-0.25, -0.2) is 0 Å². The Kier molecular flexibility index (Phi) is 4.34. The molecule has 0 aliphatic rings. The molecule has 0 unspecified atom stereocenters. The van der Waals surface area contributed by atoms with E-state index >= 15 is 0 Å². The summed E-state index contributed by atoms with van der Waals surface area (Å²) in [6, 6.07) is -0.288. The lowest BCUT2D eigenvalue weighted by Crippen LogP contribution is -2.14. The predicted octanol–water partition coefficient (Wildman–Crippen LogP) is -0.0954. The van der Waals surface area contributed by atoms with E-state index < -0.39 is 61.9 Å². The number of hydrogen-bond acceptors (Lipinski definition) is 10. The fourth-order valence-corrected chi connectivity index (χ4v) is 3.49. The molecular formula is C6H3N3O12S2. The van der Waals surface area contributed by atoms with Gasteiger partial charge < -0.3 is 0 Å². The van der Waals surface area contributed by atoms with Crippen molar-refractivity contribution in [3.8, 4) is 0 Å². The minimum absolute atomic E-state index is 0.288. The van der Waals surface area contributed by atoms with Crippen LogP contribution in [0.5, 0.6) is 0 Å². The summed E-state index contributed by atoms with van der Waals surface area (Å²) < 4.78 is 62.3. The van der Waals surface area contributed by atoms with E-state index in [-0.39, 0.29) is 6.07 Å². The van der Waals surface area contributed by atoms with Crippen LogP contribution in [0.15, 0.2) is 15.9 Å². The van der Waals surface area contributed by atoms with Crippen molar-refractivity contribution in [2.75, 3.05) is 0 Å². The summed E-state index contributed by atoms with van der Waals surface area (Å²) in [7, 11) is -11.4. The Morgan fingerprint density at radius 2 is 1.22 bits per heavy atom. The van der Waals surface area contributed by atoms with Crippen LogP contribution in [0.2, 0.25) is 0 Å². The van der Waals surface area contributed by atoms with E-state index in [1.807, 2.05) is 0 Å². The summed E-state index contributed by atoms with van der Waals surface area (Å²) in [5.41, 5.74) is -5.94. The predicted molar refractivity (Wildman–Crippen MR) is 66.0 cm³/mol. The SMILES string of the molecule is O=[N+]([O-])c1cc(S(=O)(=O)O)c(S(=O)(=O)O)c([N+](=O)[O-])c1[N+](=O)[O-]. The van der Waals surface area contributed by atoms with Gasteiger partial charge in [0.05, 0.1) is 14.8 Å². The van der Waals surface area contributed by atoms with Gasteiger partial charge in [-0.2, -0.15) is 16.8 Å². The molecule has 0 aromatic heterocycles. The van der Waals surface area contributed by atoms with E-state index in [0.717, 1.165) is 0 Å². The van der Waals surface area contributed by atoms with E-state index in [1.165, 1.54) is 0 Å². The summed E-state index contributed by atoms with van der Waals surface area (Å²) in [6.07, 6.45) is 0. The summed E-state index contributed by atoms with van der Waals surface area (Å²) in [4.78, 5) is 23.2. The normalized spacial score (nSPS) is 11.9. The Bertz CT molecular complexity index is 945. The second-order valence-corrected chi connectivity index (χ2v) is 6.39. The van der Waals surface area contributed by atoms with Crippen molar-refractivity contribution < 1.29 is 40.7 Å². The summed E-state index contributed by atoms with van der Waals surface area (Å²) in [5, 5.41) is 32.4. The molecule has 0 bridgehead atoms. The molecule has 15 nitrogen and oxygen atoms in total. The number of benzene rings is 1. The molecular weight excluding hydrogens is 370 g/mol. The van der Waals surface area contributed by atoms with Crippen LogP contribution in [0.4, 0.5) is 17.1 Å². The van der Waals surface area contributed by atoms with Crippen LogP contribution >= 0.6 is 0 Å². The van der Waals surface area contributed by atoms with Gasteiger partial charge in [-0.05, 0) is 0 Å². The highest BCUT2D eigenvalue weighted by atomic mass is 32.2. The molecule has 0 spiro atoms. The van der Waals surface area contributed by atoms with Gasteiger partial charge in [-0.1, -0.05) is 0 Å². The van der Waals surface area contributed by atoms with Crippen LogP contribution in [-0.2, 0) is 20.2 Å². The Balaban J connectivity index is 4.42. The molecule has 1 rings (SSSR count). The molecule has 1 aromatic rings. The molecule has 2 N–H and O–H groups in total. The van der Waals surface area contributed by atoms with E-state index in [9.17, 15) is 47.2 Å². The lowest BCUT2D eigenvalue weighted by Gasteiger charge is -2.06. The lowest BCUT2D eigenvalue weighted by atomic mass is 10.2. The third-order valence-corrected chi connectivity index (χ3v) is 4.21.